The van der Waals surface area contributed by atoms with Crippen molar-refractivity contribution in [2.45, 2.75) is 19.8 Å². The van der Waals surface area contributed by atoms with Gasteiger partial charge in [0.05, 0.1) is 3.79 Å². The average Bonchev–Trinajstić information content (AvgIpc) is 2.91. The number of rotatable bonds is 7. The smallest absolute Gasteiger partial charge is 0.269 e. The molecule has 2 N–H and O–H groups in total. The predicted octanol–water partition coefficient (Wildman–Crippen LogP) is 3.70. The molecule has 4 nitrogen and oxygen atoms in total. The number of hydrogen-bond donors (Lipinski definition) is 2. The topological polar surface area (TPSA) is 54.0 Å². The van der Waals surface area contributed by atoms with Crippen molar-refractivity contribution in [3.8, 4) is 0 Å². The van der Waals surface area contributed by atoms with Crippen LogP contribution in [-0.4, -0.2) is 24.0 Å². The quantitative estimate of drug-likeness (QED) is 0.784. The number of pyridine rings is 1. The number of carbonyl (C=O) groups excluding carboxylic acids is 1. The molecule has 0 bridgehead atoms. The molecule has 0 aliphatic rings. The summed E-state index contributed by atoms with van der Waals surface area (Å²) in [7, 11) is 0. The van der Waals surface area contributed by atoms with Crippen LogP contribution in [-0.2, 0) is 6.42 Å². The highest BCUT2D eigenvalue weighted by molar-refractivity contribution is 9.11. The maximum Gasteiger partial charge on any atom is 0.269 e. The van der Waals surface area contributed by atoms with E-state index < -0.39 is 0 Å². The fourth-order valence-corrected chi connectivity index (χ4v) is 3.29. The molecule has 0 saturated heterocycles. The highest BCUT2D eigenvalue weighted by atomic mass is 79.9. The Morgan fingerprint density at radius 1 is 1.33 bits per heavy atom. The van der Waals surface area contributed by atoms with Crippen molar-refractivity contribution in [1.29, 1.82) is 0 Å². The summed E-state index contributed by atoms with van der Waals surface area (Å²) >= 11 is 5.12. The van der Waals surface area contributed by atoms with Gasteiger partial charge in [-0.1, -0.05) is 6.92 Å². The lowest BCUT2D eigenvalue weighted by Gasteiger charge is -2.07. The zero-order chi connectivity index (χ0) is 15.1. The van der Waals surface area contributed by atoms with E-state index in [0.29, 0.717) is 12.2 Å². The van der Waals surface area contributed by atoms with E-state index in [1.165, 1.54) is 4.88 Å². The van der Waals surface area contributed by atoms with Crippen molar-refractivity contribution in [2.75, 3.05) is 18.4 Å². The van der Waals surface area contributed by atoms with Gasteiger partial charge in [0.15, 0.2) is 0 Å². The molecule has 0 aliphatic carbocycles. The number of thiophene rings is 1. The summed E-state index contributed by atoms with van der Waals surface area (Å²) in [6, 6.07) is 7.74. The first kappa shape index (κ1) is 16.0. The first-order valence-electron chi connectivity index (χ1n) is 6.91. The van der Waals surface area contributed by atoms with E-state index in [0.717, 1.165) is 28.9 Å². The van der Waals surface area contributed by atoms with Crippen molar-refractivity contribution >= 4 is 38.9 Å². The van der Waals surface area contributed by atoms with Crippen LogP contribution in [0.1, 0.15) is 28.7 Å². The highest BCUT2D eigenvalue weighted by Gasteiger charge is 2.07. The van der Waals surface area contributed by atoms with Crippen LogP contribution in [0.5, 0.6) is 0 Å². The van der Waals surface area contributed by atoms with E-state index in [1.807, 2.05) is 12.1 Å². The maximum atomic E-state index is 12.1. The number of anilines is 1. The lowest BCUT2D eigenvalue weighted by atomic mass is 10.3. The second kappa shape index (κ2) is 8.14. The minimum atomic E-state index is -0.134. The molecule has 112 valence electrons. The van der Waals surface area contributed by atoms with Crippen LogP contribution in [0.15, 0.2) is 34.2 Å². The van der Waals surface area contributed by atoms with Gasteiger partial charge < -0.3 is 10.6 Å². The molecule has 2 heterocycles. The highest BCUT2D eigenvalue weighted by Crippen LogP contribution is 2.22. The standard InChI is InChI=1S/C15H18BrN3OS/c1-2-7-17-11-5-8-18-13(10-11)15(20)19-9-6-12-3-4-14(16)21-12/h3-5,8,10H,2,6-7,9H2,1H3,(H,17,18)(H,19,20). The Balaban J connectivity index is 1.85. The zero-order valence-corrected chi connectivity index (χ0v) is 14.3. The third kappa shape index (κ3) is 5.13. The van der Waals surface area contributed by atoms with Crippen LogP contribution in [0.4, 0.5) is 5.69 Å². The van der Waals surface area contributed by atoms with Crippen LogP contribution in [0.3, 0.4) is 0 Å². The van der Waals surface area contributed by atoms with Crippen molar-refractivity contribution in [3.63, 3.8) is 0 Å². The number of carbonyl (C=O) groups is 1. The number of amides is 1. The maximum absolute atomic E-state index is 12.1. The molecule has 0 fully saturated rings. The van der Waals surface area contributed by atoms with E-state index in [1.54, 1.807) is 23.6 Å². The first-order valence-corrected chi connectivity index (χ1v) is 8.52. The van der Waals surface area contributed by atoms with Crippen molar-refractivity contribution in [3.05, 3.63) is 44.8 Å². The van der Waals surface area contributed by atoms with Gasteiger partial charge in [-0.05, 0) is 53.0 Å². The van der Waals surface area contributed by atoms with Crippen LogP contribution in [0, 0.1) is 0 Å². The molecule has 0 unspecified atom stereocenters. The van der Waals surface area contributed by atoms with Gasteiger partial charge in [0.2, 0.25) is 0 Å². The van der Waals surface area contributed by atoms with Gasteiger partial charge in [0, 0.05) is 29.9 Å². The Morgan fingerprint density at radius 3 is 2.90 bits per heavy atom. The summed E-state index contributed by atoms with van der Waals surface area (Å²) in [6.45, 7) is 3.60. The third-order valence-electron chi connectivity index (χ3n) is 2.86. The Kier molecular flexibility index (Phi) is 6.20. The Labute approximate surface area is 137 Å². The fourth-order valence-electron chi connectivity index (χ4n) is 1.81. The van der Waals surface area contributed by atoms with Crippen molar-refractivity contribution in [1.82, 2.24) is 10.3 Å². The predicted molar refractivity (Wildman–Crippen MR) is 91.1 cm³/mol. The van der Waals surface area contributed by atoms with E-state index in [2.05, 4.69) is 44.5 Å². The van der Waals surface area contributed by atoms with Gasteiger partial charge in [0.25, 0.3) is 5.91 Å². The molecule has 2 aromatic heterocycles. The summed E-state index contributed by atoms with van der Waals surface area (Å²) in [5.41, 5.74) is 1.38. The molecule has 2 aromatic rings. The summed E-state index contributed by atoms with van der Waals surface area (Å²) < 4.78 is 1.11. The zero-order valence-electron chi connectivity index (χ0n) is 11.9. The van der Waals surface area contributed by atoms with Gasteiger partial charge in [-0.2, -0.15) is 0 Å². The summed E-state index contributed by atoms with van der Waals surface area (Å²) in [6.07, 6.45) is 3.53. The lowest BCUT2D eigenvalue weighted by Crippen LogP contribution is -2.26. The lowest BCUT2D eigenvalue weighted by molar-refractivity contribution is 0.0949. The number of aromatic nitrogens is 1. The van der Waals surface area contributed by atoms with E-state index in [9.17, 15) is 4.79 Å². The van der Waals surface area contributed by atoms with E-state index in [-0.39, 0.29) is 5.91 Å². The van der Waals surface area contributed by atoms with Gasteiger partial charge in [0.1, 0.15) is 5.69 Å². The van der Waals surface area contributed by atoms with Crippen LogP contribution in [0.25, 0.3) is 0 Å². The first-order chi connectivity index (χ1) is 10.2. The molecule has 0 radical (unpaired) electrons. The minimum Gasteiger partial charge on any atom is -0.385 e. The van der Waals surface area contributed by atoms with Gasteiger partial charge in [-0.15, -0.1) is 11.3 Å². The molecule has 0 saturated carbocycles. The van der Waals surface area contributed by atoms with Crippen LogP contribution < -0.4 is 10.6 Å². The Morgan fingerprint density at radius 2 is 2.19 bits per heavy atom. The molecule has 0 aliphatic heterocycles. The van der Waals surface area contributed by atoms with Gasteiger partial charge >= 0.3 is 0 Å². The number of hydrogen-bond acceptors (Lipinski definition) is 4. The SMILES string of the molecule is CCCNc1ccnc(C(=O)NCCc2ccc(Br)s2)c1. The molecule has 6 heteroatoms. The number of halogens is 1. The van der Waals surface area contributed by atoms with Crippen LogP contribution >= 0.6 is 27.3 Å². The molecule has 0 spiro atoms. The van der Waals surface area contributed by atoms with Crippen molar-refractivity contribution in [2.24, 2.45) is 0 Å². The average molecular weight is 368 g/mol. The number of nitrogens with zero attached hydrogens (tertiary/aromatic N) is 1. The molecule has 0 atom stereocenters. The molecule has 0 aromatic carbocycles. The third-order valence-corrected chi connectivity index (χ3v) is 4.54. The largest absolute Gasteiger partial charge is 0.385 e. The summed E-state index contributed by atoms with van der Waals surface area (Å²) in [5, 5.41) is 6.15. The van der Waals surface area contributed by atoms with Crippen LogP contribution in [0.2, 0.25) is 0 Å². The molecular formula is C15H18BrN3OS. The Bertz CT molecular complexity index is 600. The fraction of sp³-hybridized carbons (Fsp3) is 0.333. The van der Waals surface area contributed by atoms with Gasteiger partial charge in [-0.25, -0.2) is 0 Å². The second-order valence-electron chi connectivity index (χ2n) is 4.57. The van der Waals surface area contributed by atoms with Crippen molar-refractivity contribution < 1.29 is 4.79 Å². The monoisotopic (exact) mass is 367 g/mol. The van der Waals surface area contributed by atoms with Gasteiger partial charge in [-0.3, -0.25) is 9.78 Å². The molecule has 1 amide bonds. The molecule has 21 heavy (non-hydrogen) atoms. The second-order valence-corrected chi connectivity index (χ2v) is 7.12. The normalized spacial score (nSPS) is 10.4. The minimum absolute atomic E-state index is 0.134. The van der Waals surface area contributed by atoms with E-state index in [4.69, 9.17) is 0 Å². The van der Waals surface area contributed by atoms with E-state index >= 15 is 0 Å². The molecule has 2 rings (SSSR count). The number of nitrogens with one attached hydrogen (secondary N) is 2. The Hall–Kier alpha value is -1.40. The molecular weight excluding hydrogens is 350 g/mol. The summed E-state index contributed by atoms with van der Waals surface area (Å²) in [5.74, 6) is -0.134. The summed E-state index contributed by atoms with van der Waals surface area (Å²) in [4.78, 5) is 17.4.